The lowest BCUT2D eigenvalue weighted by molar-refractivity contribution is -0.0228. The molecule has 1 aliphatic heterocycles. The maximum atomic E-state index is 11.7. The van der Waals surface area contributed by atoms with E-state index >= 15 is 0 Å². The van der Waals surface area contributed by atoms with Crippen LogP contribution in [-0.4, -0.2) is 44.1 Å². The SMILES string of the molecule is CC1OCCC1(O)CNS(=O)(=O)CCC1CC1. The Balaban J connectivity index is 1.79. The number of sulfonamides is 1. The molecule has 0 aromatic carbocycles. The third kappa shape index (κ3) is 3.64. The summed E-state index contributed by atoms with van der Waals surface area (Å²) in [6, 6.07) is 0. The van der Waals surface area contributed by atoms with Crippen LogP contribution in [0.5, 0.6) is 0 Å². The lowest BCUT2D eigenvalue weighted by Crippen LogP contribution is -2.47. The molecule has 0 aromatic rings. The first-order chi connectivity index (χ1) is 7.91. The van der Waals surface area contributed by atoms with Gasteiger partial charge in [-0.1, -0.05) is 12.8 Å². The Bertz CT molecular complexity index is 366. The van der Waals surface area contributed by atoms with E-state index in [0.717, 1.165) is 19.3 Å². The number of ether oxygens (including phenoxy) is 1. The zero-order valence-electron chi connectivity index (χ0n) is 10.2. The van der Waals surface area contributed by atoms with Gasteiger partial charge < -0.3 is 9.84 Å². The molecule has 100 valence electrons. The van der Waals surface area contributed by atoms with E-state index in [0.29, 0.717) is 18.9 Å². The Labute approximate surface area is 103 Å². The highest BCUT2D eigenvalue weighted by molar-refractivity contribution is 7.89. The van der Waals surface area contributed by atoms with E-state index in [-0.39, 0.29) is 18.4 Å². The molecule has 0 radical (unpaired) electrons. The van der Waals surface area contributed by atoms with Gasteiger partial charge in [0.1, 0.15) is 5.60 Å². The van der Waals surface area contributed by atoms with Crippen LogP contribution in [0.1, 0.15) is 32.6 Å². The van der Waals surface area contributed by atoms with Gasteiger partial charge >= 0.3 is 0 Å². The number of hydrogen-bond donors (Lipinski definition) is 2. The lowest BCUT2D eigenvalue weighted by Gasteiger charge is -2.26. The molecule has 1 saturated carbocycles. The molecule has 2 N–H and O–H groups in total. The van der Waals surface area contributed by atoms with Crippen LogP contribution < -0.4 is 4.72 Å². The molecule has 6 heteroatoms. The van der Waals surface area contributed by atoms with Crippen molar-refractivity contribution in [3.05, 3.63) is 0 Å². The molecule has 2 unspecified atom stereocenters. The Morgan fingerprint density at radius 1 is 1.47 bits per heavy atom. The zero-order valence-corrected chi connectivity index (χ0v) is 11.0. The molecule has 0 spiro atoms. The standard InChI is InChI=1S/C11H21NO4S/c1-9-11(13,5-6-16-9)8-12-17(14,15)7-4-10-2-3-10/h9-10,12-13H,2-8H2,1H3. The zero-order chi connectivity index (χ0) is 12.5. The molecule has 17 heavy (non-hydrogen) atoms. The minimum absolute atomic E-state index is 0.0567. The summed E-state index contributed by atoms with van der Waals surface area (Å²) < 4.78 is 31.2. The van der Waals surface area contributed by atoms with E-state index in [1.54, 1.807) is 6.92 Å². The first-order valence-electron chi connectivity index (χ1n) is 6.23. The first kappa shape index (κ1) is 13.3. The second-order valence-corrected chi connectivity index (χ2v) is 7.17. The quantitative estimate of drug-likeness (QED) is 0.720. The molecule has 2 atom stereocenters. The average Bonchev–Trinajstić information content (AvgIpc) is 3.03. The summed E-state index contributed by atoms with van der Waals surface area (Å²) in [5.41, 5.74) is -1.05. The van der Waals surface area contributed by atoms with E-state index in [1.165, 1.54) is 0 Å². The van der Waals surface area contributed by atoms with Crippen molar-refractivity contribution in [2.45, 2.75) is 44.3 Å². The highest BCUT2D eigenvalue weighted by atomic mass is 32.2. The van der Waals surface area contributed by atoms with Crippen LogP contribution in [0.4, 0.5) is 0 Å². The fourth-order valence-corrected chi connectivity index (χ4v) is 3.30. The van der Waals surface area contributed by atoms with Gasteiger partial charge in [0.15, 0.2) is 0 Å². The number of nitrogens with one attached hydrogen (secondary N) is 1. The van der Waals surface area contributed by atoms with Crippen molar-refractivity contribution < 1.29 is 18.3 Å². The number of aliphatic hydroxyl groups is 1. The van der Waals surface area contributed by atoms with Crippen LogP contribution in [0, 0.1) is 5.92 Å². The Morgan fingerprint density at radius 2 is 2.18 bits per heavy atom. The van der Waals surface area contributed by atoms with Crippen molar-refractivity contribution in [2.24, 2.45) is 5.92 Å². The number of hydrogen-bond acceptors (Lipinski definition) is 4. The molecular weight excluding hydrogens is 242 g/mol. The fraction of sp³-hybridized carbons (Fsp3) is 1.00. The first-order valence-corrected chi connectivity index (χ1v) is 7.88. The minimum Gasteiger partial charge on any atom is -0.386 e. The molecule has 0 amide bonds. The summed E-state index contributed by atoms with van der Waals surface area (Å²) in [4.78, 5) is 0. The average molecular weight is 263 g/mol. The van der Waals surface area contributed by atoms with Gasteiger partial charge in [-0.25, -0.2) is 13.1 Å². The van der Waals surface area contributed by atoms with Crippen molar-refractivity contribution in [3.8, 4) is 0 Å². The van der Waals surface area contributed by atoms with E-state index in [9.17, 15) is 13.5 Å². The van der Waals surface area contributed by atoms with Gasteiger partial charge in [0.05, 0.1) is 11.9 Å². The van der Waals surface area contributed by atoms with E-state index in [2.05, 4.69) is 4.72 Å². The third-order valence-corrected chi connectivity index (χ3v) is 5.11. The summed E-state index contributed by atoms with van der Waals surface area (Å²) in [6.07, 6.45) is 3.22. The summed E-state index contributed by atoms with van der Waals surface area (Å²) in [5.74, 6) is 0.770. The maximum absolute atomic E-state index is 11.7. The van der Waals surface area contributed by atoms with Gasteiger partial charge in [0, 0.05) is 19.6 Å². The molecule has 2 fully saturated rings. The summed E-state index contributed by atoms with van der Waals surface area (Å²) in [5, 5.41) is 10.2. The molecule has 5 nitrogen and oxygen atoms in total. The van der Waals surface area contributed by atoms with E-state index < -0.39 is 15.6 Å². The summed E-state index contributed by atoms with van der Waals surface area (Å²) >= 11 is 0. The van der Waals surface area contributed by atoms with Crippen molar-refractivity contribution in [3.63, 3.8) is 0 Å². The number of rotatable bonds is 6. The predicted molar refractivity (Wildman–Crippen MR) is 64.1 cm³/mol. The lowest BCUT2D eigenvalue weighted by atomic mass is 9.97. The highest BCUT2D eigenvalue weighted by Gasteiger charge is 2.40. The Morgan fingerprint density at radius 3 is 2.71 bits per heavy atom. The van der Waals surface area contributed by atoms with Gasteiger partial charge in [-0.15, -0.1) is 0 Å². The van der Waals surface area contributed by atoms with Crippen LogP contribution in [0.15, 0.2) is 0 Å². The largest absolute Gasteiger partial charge is 0.386 e. The highest BCUT2D eigenvalue weighted by Crippen LogP contribution is 2.32. The molecule has 1 saturated heterocycles. The van der Waals surface area contributed by atoms with Crippen LogP contribution in [0.3, 0.4) is 0 Å². The van der Waals surface area contributed by atoms with Crippen LogP contribution in [-0.2, 0) is 14.8 Å². The van der Waals surface area contributed by atoms with E-state index in [1.807, 2.05) is 0 Å². The molecule has 0 aromatic heterocycles. The summed E-state index contributed by atoms with van der Waals surface area (Å²) in [7, 11) is -3.25. The van der Waals surface area contributed by atoms with Crippen molar-refractivity contribution in [1.82, 2.24) is 4.72 Å². The van der Waals surface area contributed by atoms with Gasteiger partial charge in [-0.2, -0.15) is 0 Å². The topological polar surface area (TPSA) is 75.6 Å². The Kier molecular flexibility index (Phi) is 3.77. The molecule has 2 rings (SSSR count). The summed E-state index contributed by atoms with van der Waals surface area (Å²) in [6.45, 7) is 2.31. The smallest absolute Gasteiger partial charge is 0.211 e. The van der Waals surface area contributed by atoms with Gasteiger partial charge in [-0.3, -0.25) is 0 Å². The van der Waals surface area contributed by atoms with Crippen molar-refractivity contribution >= 4 is 10.0 Å². The molecule has 1 heterocycles. The molecule has 1 aliphatic carbocycles. The second kappa shape index (κ2) is 4.84. The van der Waals surface area contributed by atoms with Crippen molar-refractivity contribution in [1.29, 1.82) is 0 Å². The van der Waals surface area contributed by atoms with Crippen LogP contribution in [0.25, 0.3) is 0 Å². The molecule has 2 aliphatic rings. The predicted octanol–water partition coefficient (Wildman–Crippen LogP) is 0.246. The van der Waals surface area contributed by atoms with Gasteiger partial charge in [0.25, 0.3) is 0 Å². The second-order valence-electron chi connectivity index (χ2n) is 5.24. The van der Waals surface area contributed by atoms with Crippen molar-refractivity contribution in [2.75, 3.05) is 18.9 Å². The normalized spacial score (nSPS) is 34.1. The van der Waals surface area contributed by atoms with Gasteiger partial charge in [0.2, 0.25) is 10.0 Å². The van der Waals surface area contributed by atoms with Gasteiger partial charge in [-0.05, 0) is 19.3 Å². The Hall–Kier alpha value is -0.170. The molecule has 0 bridgehead atoms. The fourth-order valence-electron chi connectivity index (χ4n) is 2.04. The minimum atomic E-state index is -3.25. The van der Waals surface area contributed by atoms with Crippen LogP contribution in [0.2, 0.25) is 0 Å². The molecular formula is C11H21NO4S. The maximum Gasteiger partial charge on any atom is 0.211 e. The third-order valence-electron chi connectivity index (χ3n) is 3.75. The van der Waals surface area contributed by atoms with Crippen LogP contribution >= 0.6 is 0 Å². The monoisotopic (exact) mass is 263 g/mol. The van der Waals surface area contributed by atoms with E-state index in [4.69, 9.17) is 4.74 Å².